The van der Waals surface area contributed by atoms with Crippen molar-refractivity contribution in [2.24, 2.45) is 7.05 Å². The Hall–Kier alpha value is -3.43. The van der Waals surface area contributed by atoms with E-state index in [-0.39, 0.29) is 0 Å². The summed E-state index contributed by atoms with van der Waals surface area (Å²) in [5.41, 5.74) is 5.15. The Morgan fingerprint density at radius 3 is 2.45 bits per heavy atom. The van der Waals surface area contributed by atoms with Gasteiger partial charge >= 0.3 is 0 Å². The van der Waals surface area contributed by atoms with Gasteiger partial charge in [0, 0.05) is 34.4 Å². The SMILES string of the molecule is CCn1c2ccccc2c2cc(/C=C/c3sc4ccc5ccccc5c4[n+]3C)ccc21. The van der Waals surface area contributed by atoms with Crippen LogP contribution in [0.25, 0.3) is 54.9 Å². The zero-order valence-electron chi connectivity index (χ0n) is 17.7. The van der Waals surface area contributed by atoms with Gasteiger partial charge in [-0.15, -0.1) is 0 Å². The number of benzene rings is 4. The highest BCUT2D eigenvalue weighted by atomic mass is 32.1. The highest BCUT2D eigenvalue weighted by Gasteiger charge is 2.17. The van der Waals surface area contributed by atoms with Crippen molar-refractivity contribution < 1.29 is 4.57 Å². The van der Waals surface area contributed by atoms with Crippen molar-refractivity contribution in [3.63, 3.8) is 0 Å². The van der Waals surface area contributed by atoms with Gasteiger partial charge in [0.1, 0.15) is 11.7 Å². The second-order valence-electron chi connectivity index (χ2n) is 8.00. The highest BCUT2D eigenvalue weighted by Crippen LogP contribution is 2.31. The third kappa shape index (κ3) is 2.81. The average Bonchev–Trinajstić information content (AvgIpc) is 3.31. The van der Waals surface area contributed by atoms with Crippen LogP contribution < -0.4 is 4.57 Å². The van der Waals surface area contributed by atoms with Crippen molar-refractivity contribution >= 4 is 66.3 Å². The molecule has 0 amide bonds. The van der Waals surface area contributed by atoms with E-state index in [1.807, 2.05) is 11.3 Å². The first kappa shape index (κ1) is 18.3. The number of para-hydroxylation sites is 1. The fraction of sp³-hybridized carbons (Fsp3) is 0.107. The van der Waals surface area contributed by atoms with Crippen molar-refractivity contribution in [3.05, 3.63) is 89.4 Å². The summed E-state index contributed by atoms with van der Waals surface area (Å²) >= 11 is 1.84. The Kier molecular flexibility index (Phi) is 4.18. The molecule has 0 aliphatic rings. The highest BCUT2D eigenvalue weighted by molar-refractivity contribution is 7.19. The maximum atomic E-state index is 2.40. The molecule has 2 aromatic heterocycles. The predicted octanol–water partition coefficient (Wildman–Crippen LogP) is 7.18. The zero-order chi connectivity index (χ0) is 20.9. The molecule has 31 heavy (non-hydrogen) atoms. The third-order valence-corrected chi connectivity index (χ3v) is 7.44. The summed E-state index contributed by atoms with van der Waals surface area (Å²) in [5.74, 6) is 0. The fourth-order valence-corrected chi connectivity index (χ4v) is 5.85. The largest absolute Gasteiger partial charge is 0.341 e. The second kappa shape index (κ2) is 7.07. The average molecular weight is 420 g/mol. The zero-order valence-corrected chi connectivity index (χ0v) is 18.5. The molecular formula is C28H23N2S+. The van der Waals surface area contributed by atoms with E-state index >= 15 is 0 Å². The molecule has 0 radical (unpaired) electrons. The van der Waals surface area contributed by atoms with Crippen LogP contribution in [0, 0.1) is 0 Å². The molecule has 0 saturated heterocycles. The van der Waals surface area contributed by atoms with Crippen LogP contribution in [0.2, 0.25) is 0 Å². The minimum absolute atomic E-state index is 0.977. The van der Waals surface area contributed by atoms with Gasteiger partial charge in [-0.05, 0) is 54.3 Å². The summed E-state index contributed by atoms with van der Waals surface area (Å²) in [6.45, 7) is 3.19. The molecule has 0 bridgehead atoms. The number of aryl methyl sites for hydroxylation is 2. The van der Waals surface area contributed by atoms with E-state index in [0.29, 0.717) is 0 Å². The Balaban J connectivity index is 1.47. The van der Waals surface area contributed by atoms with E-state index in [4.69, 9.17) is 0 Å². The Bertz CT molecular complexity index is 1630. The molecule has 6 aromatic rings. The molecule has 3 heteroatoms. The molecule has 4 aromatic carbocycles. The normalized spacial score (nSPS) is 12.2. The fourth-order valence-electron chi connectivity index (χ4n) is 4.78. The topological polar surface area (TPSA) is 8.81 Å². The van der Waals surface area contributed by atoms with Gasteiger partial charge in [0.15, 0.2) is 0 Å². The Labute approximate surface area is 185 Å². The van der Waals surface area contributed by atoms with E-state index in [2.05, 4.69) is 114 Å². The molecular weight excluding hydrogens is 396 g/mol. The number of hydrogen-bond acceptors (Lipinski definition) is 1. The summed E-state index contributed by atoms with van der Waals surface area (Å²) in [4.78, 5) is 0. The molecule has 6 rings (SSSR count). The molecule has 0 aliphatic heterocycles. The van der Waals surface area contributed by atoms with Crippen LogP contribution in [-0.4, -0.2) is 4.57 Å². The molecule has 0 saturated carbocycles. The van der Waals surface area contributed by atoms with E-state index in [1.165, 1.54) is 53.4 Å². The molecule has 150 valence electrons. The van der Waals surface area contributed by atoms with E-state index in [9.17, 15) is 0 Å². The van der Waals surface area contributed by atoms with Crippen molar-refractivity contribution in [2.75, 3.05) is 0 Å². The van der Waals surface area contributed by atoms with E-state index in [0.717, 1.165) is 6.54 Å². The van der Waals surface area contributed by atoms with Crippen LogP contribution in [-0.2, 0) is 13.6 Å². The first-order valence-corrected chi connectivity index (χ1v) is 11.6. The first-order chi connectivity index (χ1) is 15.2. The van der Waals surface area contributed by atoms with Gasteiger partial charge in [-0.25, -0.2) is 0 Å². The lowest BCUT2D eigenvalue weighted by Gasteiger charge is -2.02. The lowest BCUT2D eigenvalue weighted by molar-refractivity contribution is -0.641. The summed E-state index contributed by atoms with van der Waals surface area (Å²) in [7, 11) is 2.17. The van der Waals surface area contributed by atoms with Gasteiger partial charge < -0.3 is 4.57 Å². The van der Waals surface area contributed by atoms with E-state index < -0.39 is 0 Å². The molecule has 0 spiro atoms. The molecule has 0 aliphatic carbocycles. The molecule has 2 nitrogen and oxygen atoms in total. The number of nitrogens with zero attached hydrogens (tertiary/aromatic N) is 2. The number of aromatic nitrogens is 2. The van der Waals surface area contributed by atoms with Crippen molar-refractivity contribution in [1.82, 2.24) is 4.57 Å². The van der Waals surface area contributed by atoms with Gasteiger partial charge in [0.25, 0.3) is 5.01 Å². The maximum absolute atomic E-state index is 2.40. The third-order valence-electron chi connectivity index (χ3n) is 6.28. The smallest absolute Gasteiger partial charge is 0.262 e. The molecule has 0 atom stereocenters. The van der Waals surface area contributed by atoms with Crippen LogP contribution in [0.5, 0.6) is 0 Å². The summed E-state index contributed by atoms with van der Waals surface area (Å²) in [6, 6.07) is 28.6. The summed E-state index contributed by atoms with van der Waals surface area (Å²) in [5, 5.41) is 6.51. The molecule has 2 heterocycles. The second-order valence-corrected chi connectivity index (χ2v) is 9.07. The van der Waals surface area contributed by atoms with Crippen LogP contribution in [0.4, 0.5) is 0 Å². The van der Waals surface area contributed by atoms with Gasteiger partial charge in [-0.3, -0.25) is 0 Å². The number of rotatable bonds is 3. The summed E-state index contributed by atoms with van der Waals surface area (Å²) in [6.07, 6.45) is 4.49. The van der Waals surface area contributed by atoms with Gasteiger partial charge in [-0.2, -0.15) is 4.57 Å². The number of thiazole rings is 1. The van der Waals surface area contributed by atoms with Crippen molar-refractivity contribution in [1.29, 1.82) is 0 Å². The van der Waals surface area contributed by atoms with Crippen LogP contribution in [0.1, 0.15) is 17.5 Å². The van der Waals surface area contributed by atoms with Gasteiger partial charge in [0.05, 0.1) is 5.39 Å². The maximum Gasteiger partial charge on any atom is 0.262 e. The number of fused-ring (bicyclic) bond motifs is 6. The molecule has 0 N–H and O–H groups in total. The first-order valence-electron chi connectivity index (χ1n) is 10.7. The van der Waals surface area contributed by atoms with E-state index in [1.54, 1.807) is 0 Å². The van der Waals surface area contributed by atoms with Gasteiger partial charge in [0.2, 0.25) is 5.52 Å². The van der Waals surface area contributed by atoms with Crippen molar-refractivity contribution in [3.8, 4) is 0 Å². The Morgan fingerprint density at radius 1 is 0.806 bits per heavy atom. The lowest BCUT2D eigenvalue weighted by atomic mass is 10.1. The molecule has 0 fully saturated rings. The monoisotopic (exact) mass is 419 g/mol. The van der Waals surface area contributed by atoms with Crippen molar-refractivity contribution in [2.45, 2.75) is 13.5 Å². The standard InChI is InChI=1S/C28H23N2S/c1-3-30-24-11-7-6-10-22(24)23-18-19(12-15-25(23)30)13-17-27-29(2)28-21-9-5-4-8-20(21)14-16-26(28)31-27/h4-18H,3H2,1-2H3/q+1. The minimum atomic E-state index is 0.977. The predicted molar refractivity (Wildman–Crippen MR) is 135 cm³/mol. The van der Waals surface area contributed by atoms with Crippen LogP contribution in [0.15, 0.2) is 78.9 Å². The number of hydrogen-bond donors (Lipinski definition) is 0. The van der Waals surface area contributed by atoms with Gasteiger partial charge in [-0.1, -0.05) is 59.9 Å². The summed E-state index contributed by atoms with van der Waals surface area (Å²) < 4.78 is 6.04. The minimum Gasteiger partial charge on any atom is -0.341 e. The van der Waals surface area contributed by atoms with Crippen LogP contribution >= 0.6 is 11.3 Å². The quantitative estimate of drug-likeness (QED) is 0.269. The van der Waals surface area contributed by atoms with Crippen LogP contribution in [0.3, 0.4) is 0 Å². The molecule has 0 unspecified atom stereocenters. The Morgan fingerprint density at radius 2 is 1.58 bits per heavy atom. The lowest BCUT2D eigenvalue weighted by Crippen LogP contribution is -2.29.